The fourth-order valence-electron chi connectivity index (χ4n) is 0.635. The van der Waals surface area contributed by atoms with Crippen molar-refractivity contribution in [3.8, 4) is 0 Å². The van der Waals surface area contributed by atoms with E-state index in [0.29, 0.717) is 0 Å². The van der Waals surface area contributed by atoms with E-state index in [0.717, 1.165) is 10.7 Å². The Kier molecular flexibility index (Phi) is 2.97. The zero-order valence-corrected chi connectivity index (χ0v) is 8.86. The molecule has 0 aliphatic carbocycles. The molecule has 10 heavy (non-hydrogen) atoms. The molecule has 54 valence electrons. The van der Waals surface area contributed by atoms with Gasteiger partial charge in [-0.05, 0) is 47.9 Å². The molecule has 1 aromatic heterocycles. The second-order valence-corrected chi connectivity index (χ2v) is 3.91. The Balaban J connectivity index is 3.04. The maximum atomic E-state index is 4.35. The molecule has 1 aromatic rings. The van der Waals surface area contributed by atoms with Gasteiger partial charge in [0.1, 0.15) is 0 Å². The lowest BCUT2D eigenvalue weighted by molar-refractivity contribution is 1.05. The Morgan fingerprint density at radius 1 is 1.50 bits per heavy atom. The summed E-state index contributed by atoms with van der Waals surface area (Å²) < 4.78 is 1.23. The van der Waals surface area contributed by atoms with Gasteiger partial charge in [0.2, 0.25) is 0 Å². The van der Waals surface area contributed by atoms with E-state index in [9.17, 15) is 0 Å². The van der Waals surface area contributed by atoms with Crippen molar-refractivity contribution in [2.45, 2.75) is 11.9 Å². The minimum absolute atomic E-state index is 1.10. The highest BCUT2D eigenvalue weighted by molar-refractivity contribution is 14.1. The summed E-state index contributed by atoms with van der Waals surface area (Å²) in [5.74, 6) is 0. The quantitative estimate of drug-likeness (QED) is 0.572. The average molecular weight is 265 g/mol. The van der Waals surface area contributed by atoms with Gasteiger partial charge in [-0.3, -0.25) is 0 Å². The number of aryl methyl sites for hydroxylation is 1. The van der Waals surface area contributed by atoms with Gasteiger partial charge in [-0.1, -0.05) is 0 Å². The number of halogens is 1. The van der Waals surface area contributed by atoms with Crippen LogP contribution in [0.2, 0.25) is 0 Å². The van der Waals surface area contributed by atoms with Crippen LogP contribution in [0.25, 0.3) is 0 Å². The highest BCUT2D eigenvalue weighted by Crippen LogP contribution is 2.15. The Hall–Kier alpha value is 0.230. The Labute approximate surface area is 78.8 Å². The predicted octanol–water partition coefficient (Wildman–Crippen LogP) is 2.72. The molecule has 0 bridgehead atoms. The molecule has 1 nitrogen and oxygen atoms in total. The van der Waals surface area contributed by atoms with Crippen LogP contribution >= 0.6 is 34.4 Å². The smallest absolute Gasteiger partial charge is 0.0961 e. The normalized spacial score (nSPS) is 9.90. The summed E-state index contributed by atoms with van der Waals surface area (Å²) in [5.41, 5.74) is 1.12. The summed E-state index contributed by atoms with van der Waals surface area (Å²) in [6.45, 7) is 2.03. The van der Waals surface area contributed by atoms with Crippen LogP contribution in [0.1, 0.15) is 5.69 Å². The number of nitrogens with zero attached hydrogens (tertiary/aromatic N) is 1. The average Bonchev–Trinajstić information content (AvgIpc) is 1.95. The van der Waals surface area contributed by atoms with Gasteiger partial charge in [0.05, 0.1) is 10.7 Å². The summed E-state index contributed by atoms with van der Waals surface area (Å²) in [6, 6.07) is 4.13. The lowest BCUT2D eigenvalue weighted by Crippen LogP contribution is -1.86. The molecule has 0 aliphatic heterocycles. The van der Waals surface area contributed by atoms with Crippen LogP contribution < -0.4 is 0 Å². The van der Waals surface area contributed by atoms with Crippen LogP contribution in [0.3, 0.4) is 0 Å². The lowest BCUT2D eigenvalue weighted by atomic mass is 10.4. The summed E-state index contributed by atoms with van der Waals surface area (Å²) in [4.78, 5) is 4.35. The van der Waals surface area contributed by atoms with Crippen LogP contribution in [0.15, 0.2) is 17.2 Å². The molecule has 1 rings (SSSR count). The third-order valence-corrected chi connectivity index (χ3v) is 2.99. The van der Waals surface area contributed by atoms with Crippen LogP contribution in [-0.4, -0.2) is 11.2 Å². The van der Waals surface area contributed by atoms with E-state index in [1.54, 1.807) is 11.8 Å². The van der Waals surface area contributed by atoms with Crippen molar-refractivity contribution in [3.63, 3.8) is 0 Å². The van der Waals surface area contributed by atoms with Gasteiger partial charge in [-0.2, -0.15) is 0 Å². The molecule has 0 saturated carbocycles. The second kappa shape index (κ2) is 3.57. The Morgan fingerprint density at radius 3 is 2.70 bits per heavy atom. The van der Waals surface area contributed by atoms with Crippen LogP contribution in [-0.2, 0) is 0 Å². The predicted molar refractivity (Wildman–Crippen MR) is 53.5 cm³/mol. The number of rotatable bonds is 1. The molecule has 0 atom stereocenters. The third kappa shape index (κ3) is 1.85. The van der Waals surface area contributed by atoms with Gasteiger partial charge >= 0.3 is 0 Å². The standard InChI is InChI=1S/C7H8INS/c1-5-6(8)3-4-7(9-5)10-2/h3-4H,1-2H3. The van der Waals surface area contributed by atoms with Gasteiger partial charge in [-0.15, -0.1) is 11.8 Å². The zero-order valence-electron chi connectivity index (χ0n) is 5.89. The zero-order chi connectivity index (χ0) is 7.56. The first-order valence-corrected chi connectivity index (χ1v) is 5.21. The van der Waals surface area contributed by atoms with Crippen LogP contribution in [0.4, 0.5) is 0 Å². The van der Waals surface area contributed by atoms with Gasteiger partial charge in [0, 0.05) is 3.57 Å². The number of hydrogen-bond donors (Lipinski definition) is 0. The van der Waals surface area contributed by atoms with Crippen molar-refractivity contribution in [3.05, 3.63) is 21.4 Å². The molecule has 0 N–H and O–H groups in total. The van der Waals surface area contributed by atoms with Gasteiger partial charge in [0.25, 0.3) is 0 Å². The molecular weight excluding hydrogens is 257 g/mol. The van der Waals surface area contributed by atoms with Crippen LogP contribution in [0.5, 0.6) is 0 Å². The van der Waals surface area contributed by atoms with Crippen molar-refractivity contribution >= 4 is 34.4 Å². The van der Waals surface area contributed by atoms with Gasteiger partial charge < -0.3 is 0 Å². The summed E-state index contributed by atoms with van der Waals surface area (Å²) in [6.07, 6.45) is 2.04. The van der Waals surface area contributed by atoms with E-state index in [1.807, 2.05) is 19.2 Å². The van der Waals surface area contributed by atoms with Gasteiger partial charge in [0.15, 0.2) is 0 Å². The number of hydrogen-bond acceptors (Lipinski definition) is 2. The lowest BCUT2D eigenvalue weighted by Gasteiger charge is -1.98. The van der Waals surface area contributed by atoms with E-state index in [1.165, 1.54) is 3.57 Å². The van der Waals surface area contributed by atoms with Crippen molar-refractivity contribution in [2.24, 2.45) is 0 Å². The molecule has 0 radical (unpaired) electrons. The molecule has 0 fully saturated rings. The molecule has 3 heteroatoms. The first-order chi connectivity index (χ1) is 4.74. The first-order valence-electron chi connectivity index (χ1n) is 2.91. The summed E-state index contributed by atoms with van der Waals surface area (Å²) in [5, 5.41) is 1.10. The van der Waals surface area contributed by atoms with Crippen molar-refractivity contribution < 1.29 is 0 Å². The molecule has 0 spiro atoms. The molecule has 0 aliphatic rings. The highest BCUT2D eigenvalue weighted by Gasteiger charge is 1.95. The maximum absolute atomic E-state index is 4.35. The third-order valence-electron chi connectivity index (χ3n) is 1.20. The summed E-state index contributed by atoms with van der Waals surface area (Å²) in [7, 11) is 0. The number of aromatic nitrogens is 1. The van der Waals surface area contributed by atoms with Crippen molar-refractivity contribution in [2.75, 3.05) is 6.26 Å². The Bertz CT molecular complexity index is 237. The highest BCUT2D eigenvalue weighted by atomic mass is 127. The largest absolute Gasteiger partial charge is 0.246 e. The first kappa shape index (κ1) is 8.33. The molecule has 0 unspecified atom stereocenters. The van der Waals surface area contributed by atoms with Crippen LogP contribution in [0, 0.1) is 10.5 Å². The van der Waals surface area contributed by atoms with E-state index in [-0.39, 0.29) is 0 Å². The molecule has 0 aromatic carbocycles. The number of pyridine rings is 1. The van der Waals surface area contributed by atoms with Gasteiger partial charge in [-0.25, -0.2) is 4.98 Å². The minimum atomic E-state index is 1.10. The monoisotopic (exact) mass is 265 g/mol. The minimum Gasteiger partial charge on any atom is -0.246 e. The van der Waals surface area contributed by atoms with Crippen molar-refractivity contribution in [1.29, 1.82) is 0 Å². The van der Waals surface area contributed by atoms with Crippen molar-refractivity contribution in [1.82, 2.24) is 4.98 Å². The summed E-state index contributed by atoms with van der Waals surface area (Å²) >= 11 is 3.96. The second-order valence-electron chi connectivity index (χ2n) is 1.92. The van der Waals surface area contributed by atoms with E-state index >= 15 is 0 Å². The number of thioether (sulfide) groups is 1. The molecule has 1 heterocycles. The topological polar surface area (TPSA) is 12.9 Å². The van der Waals surface area contributed by atoms with E-state index in [2.05, 4.69) is 33.6 Å². The molecule has 0 amide bonds. The molecule has 0 saturated heterocycles. The molecular formula is C7H8INS. The maximum Gasteiger partial charge on any atom is 0.0961 e. The van der Waals surface area contributed by atoms with E-state index in [4.69, 9.17) is 0 Å². The fourth-order valence-corrected chi connectivity index (χ4v) is 1.37. The Morgan fingerprint density at radius 2 is 2.20 bits per heavy atom. The van der Waals surface area contributed by atoms with E-state index < -0.39 is 0 Å². The SMILES string of the molecule is CSc1ccc(I)c(C)n1. The fraction of sp³-hybridized carbons (Fsp3) is 0.286.